The number of aromatic nitrogens is 2. The van der Waals surface area contributed by atoms with E-state index >= 15 is 0 Å². The summed E-state index contributed by atoms with van der Waals surface area (Å²) in [4.78, 5) is 6.73. The van der Waals surface area contributed by atoms with Crippen molar-refractivity contribution in [2.45, 2.75) is 33.4 Å². The van der Waals surface area contributed by atoms with Gasteiger partial charge in [-0.3, -0.25) is 4.90 Å². The van der Waals surface area contributed by atoms with Crippen LogP contribution in [0.25, 0.3) is 0 Å². The molecule has 2 aromatic rings. The molecule has 0 aliphatic heterocycles. The van der Waals surface area contributed by atoms with Gasteiger partial charge in [-0.2, -0.15) is 0 Å². The van der Waals surface area contributed by atoms with Crippen LogP contribution < -0.4 is 0 Å². The predicted octanol–water partition coefficient (Wildman–Crippen LogP) is 2.63. The van der Waals surface area contributed by atoms with Crippen molar-refractivity contribution in [3.8, 4) is 0 Å². The summed E-state index contributed by atoms with van der Waals surface area (Å²) < 4.78 is 5.05. The van der Waals surface area contributed by atoms with E-state index in [1.807, 2.05) is 13.0 Å². The highest BCUT2D eigenvalue weighted by Gasteiger charge is 2.07. The molecule has 0 aliphatic rings. The van der Waals surface area contributed by atoms with Crippen molar-refractivity contribution in [1.82, 2.24) is 15.0 Å². The van der Waals surface area contributed by atoms with Crippen LogP contribution in [-0.4, -0.2) is 22.1 Å². The molecule has 2 heterocycles. The second kappa shape index (κ2) is 5.42. The van der Waals surface area contributed by atoms with E-state index in [0.717, 1.165) is 36.7 Å². The Kier molecular flexibility index (Phi) is 3.91. The molecule has 0 saturated heterocycles. The molecular formula is C12H17N3OS. The normalized spacial score (nSPS) is 11.3. The molecule has 0 bridgehead atoms. The van der Waals surface area contributed by atoms with Gasteiger partial charge in [-0.1, -0.05) is 12.1 Å². The van der Waals surface area contributed by atoms with E-state index in [1.165, 1.54) is 5.01 Å². The second-order valence-electron chi connectivity index (χ2n) is 4.19. The fourth-order valence-electron chi connectivity index (χ4n) is 1.69. The van der Waals surface area contributed by atoms with Crippen LogP contribution in [0, 0.1) is 6.92 Å². The highest BCUT2D eigenvalue weighted by Crippen LogP contribution is 2.13. The third-order valence-electron chi connectivity index (χ3n) is 2.44. The molecule has 2 rings (SSSR count). The molecule has 0 atom stereocenters. The van der Waals surface area contributed by atoms with Crippen molar-refractivity contribution in [1.29, 1.82) is 0 Å². The topological polar surface area (TPSA) is 42.2 Å². The highest BCUT2D eigenvalue weighted by atomic mass is 32.1. The number of hydrogen-bond donors (Lipinski definition) is 0. The first-order valence-corrected chi connectivity index (χ1v) is 6.59. The molecule has 92 valence electrons. The maximum absolute atomic E-state index is 5.05. The quantitative estimate of drug-likeness (QED) is 0.819. The van der Waals surface area contributed by atoms with Gasteiger partial charge in [-0.25, -0.2) is 4.98 Å². The molecule has 0 amide bonds. The highest BCUT2D eigenvalue weighted by molar-refractivity contribution is 7.09. The molecular weight excluding hydrogens is 234 g/mol. The lowest BCUT2D eigenvalue weighted by molar-refractivity contribution is 0.299. The van der Waals surface area contributed by atoms with Crippen LogP contribution in [0.2, 0.25) is 0 Å². The molecule has 0 spiro atoms. The average molecular weight is 251 g/mol. The molecule has 17 heavy (non-hydrogen) atoms. The Morgan fingerprint density at radius 3 is 2.71 bits per heavy atom. The lowest BCUT2D eigenvalue weighted by Gasteiger charge is -2.12. The van der Waals surface area contributed by atoms with Crippen LogP contribution in [0.3, 0.4) is 0 Å². The minimum Gasteiger partial charge on any atom is -0.361 e. The summed E-state index contributed by atoms with van der Waals surface area (Å²) in [6.07, 6.45) is 1.01. The lowest BCUT2D eigenvalue weighted by atomic mass is 10.3. The molecule has 2 aromatic heterocycles. The Morgan fingerprint density at radius 1 is 1.35 bits per heavy atom. The zero-order valence-corrected chi connectivity index (χ0v) is 11.3. The van der Waals surface area contributed by atoms with E-state index in [1.54, 1.807) is 11.3 Å². The number of hydrogen-bond acceptors (Lipinski definition) is 5. The first-order chi connectivity index (χ1) is 8.17. The molecule has 0 aliphatic carbocycles. The van der Waals surface area contributed by atoms with Crippen molar-refractivity contribution in [2.75, 3.05) is 7.05 Å². The van der Waals surface area contributed by atoms with Gasteiger partial charge in [-0.15, -0.1) is 11.3 Å². The van der Waals surface area contributed by atoms with Gasteiger partial charge in [-0.05, 0) is 20.4 Å². The van der Waals surface area contributed by atoms with Crippen LogP contribution in [0.15, 0.2) is 16.0 Å². The SMILES string of the molecule is CCc1nc(CN(C)Cc2cc(C)on2)cs1. The van der Waals surface area contributed by atoms with Gasteiger partial charge >= 0.3 is 0 Å². The van der Waals surface area contributed by atoms with E-state index in [4.69, 9.17) is 4.52 Å². The molecule has 0 unspecified atom stereocenters. The molecule has 5 heteroatoms. The van der Waals surface area contributed by atoms with Crippen LogP contribution in [0.4, 0.5) is 0 Å². The molecule has 0 aromatic carbocycles. The molecule has 0 fully saturated rings. The Morgan fingerprint density at radius 2 is 2.12 bits per heavy atom. The molecule has 4 nitrogen and oxygen atoms in total. The zero-order chi connectivity index (χ0) is 12.3. The van der Waals surface area contributed by atoms with Gasteiger partial charge in [0.15, 0.2) is 0 Å². The molecule has 0 N–H and O–H groups in total. The fourth-order valence-corrected chi connectivity index (χ4v) is 2.42. The number of aryl methyl sites for hydroxylation is 2. The monoisotopic (exact) mass is 251 g/mol. The van der Waals surface area contributed by atoms with Gasteiger partial charge in [0.25, 0.3) is 0 Å². The summed E-state index contributed by atoms with van der Waals surface area (Å²) in [5.41, 5.74) is 2.10. The maximum Gasteiger partial charge on any atom is 0.133 e. The maximum atomic E-state index is 5.05. The van der Waals surface area contributed by atoms with E-state index in [9.17, 15) is 0 Å². The third-order valence-corrected chi connectivity index (χ3v) is 3.48. The molecule has 0 saturated carbocycles. The predicted molar refractivity (Wildman–Crippen MR) is 67.9 cm³/mol. The van der Waals surface area contributed by atoms with E-state index in [-0.39, 0.29) is 0 Å². The Bertz CT molecular complexity index is 478. The van der Waals surface area contributed by atoms with Crippen molar-refractivity contribution in [3.05, 3.63) is 33.6 Å². The Balaban J connectivity index is 1.90. The standard InChI is InChI=1S/C12H17N3OS/c1-4-12-13-11(8-17-12)7-15(3)6-10-5-9(2)16-14-10/h5,8H,4,6-7H2,1-3H3. The van der Waals surface area contributed by atoms with Gasteiger partial charge in [0.1, 0.15) is 5.76 Å². The summed E-state index contributed by atoms with van der Waals surface area (Å²) in [5.74, 6) is 0.857. The van der Waals surface area contributed by atoms with Crippen LogP contribution in [-0.2, 0) is 19.5 Å². The Labute approximate surface area is 105 Å². The minimum atomic E-state index is 0.788. The van der Waals surface area contributed by atoms with E-state index < -0.39 is 0 Å². The largest absolute Gasteiger partial charge is 0.361 e. The van der Waals surface area contributed by atoms with Crippen molar-refractivity contribution >= 4 is 11.3 Å². The minimum absolute atomic E-state index is 0.788. The van der Waals surface area contributed by atoms with Crippen LogP contribution in [0.1, 0.15) is 29.1 Å². The number of rotatable bonds is 5. The van der Waals surface area contributed by atoms with E-state index in [2.05, 4.69) is 34.4 Å². The summed E-state index contributed by atoms with van der Waals surface area (Å²) in [5, 5.41) is 7.31. The van der Waals surface area contributed by atoms with Gasteiger partial charge in [0.2, 0.25) is 0 Å². The summed E-state index contributed by atoms with van der Waals surface area (Å²) in [6, 6.07) is 1.97. The van der Waals surface area contributed by atoms with Gasteiger partial charge < -0.3 is 4.52 Å². The lowest BCUT2D eigenvalue weighted by Crippen LogP contribution is -2.17. The number of thiazole rings is 1. The second-order valence-corrected chi connectivity index (χ2v) is 5.13. The number of nitrogens with zero attached hydrogens (tertiary/aromatic N) is 3. The summed E-state index contributed by atoms with van der Waals surface area (Å²) in [6.45, 7) is 5.67. The third kappa shape index (κ3) is 3.38. The van der Waals surface area contributed by atoms with Crippen LogP contribution >= 0.6 is 11.3 Å². The van der Waals surface area contributed by atoms with E-state index in [0.29, 0.717) is 0 Å². The summed E-state index contributed by atoms with van der Waals surface area (Å²) >= 11 is 1.73. The van der Waals surface area contributed by atoms with Crippen molar-refractivity contribution < 1.29 is 4.52 Å². The van der Waals surface area contributed by atoms with Crippen molar-refractivity contribution in [3.63, 3.8) is 0 Å². The first-order valence-electron chi connectivity index (χ1n) is 5.71. The zero-order valence-electron chi connectivity index (χ0n) is 10.4. The molecule has 0 radical (unpaired) electrons. The smallest absolute Gasteiger partial charge is 0.133 e. The van der Waals surface area contributed by atoms with Gasteiger partial charge in [0, 0.05) is 24.5 Å². The van der Waals surface area contributed by atoms with Crippen LogP contribution in [0.5, 0.6) is 0 Å². The fraction of sp³-hybridized carbons (Fsp3) is 0.500. The summed E-state index contributed by atoms with van der Waals surface area (Å²) in [7, 11) is 2.06. The average Bonchev–Trinajstić information content (AvgIpc) is 2.88. The van der Waals surface area contributed by atoms with Crippen molar-refractivity contribution in [2.24, 2.45) is 0 Å². The first kappa shape index (κ1) is 12.3. The van der Waals surface area contributed by atoms with Gasteiger partial charge in [0.05, 0.1) is 16.4 Å². The Hall–Kier alpha value is -1.20.